The highest BCUT2D eigenvalue weighted by Gasteiger charge is 2.52. The van der Waals surface area contributed by atoms with Gasteiger partial charge in [0.15, 0.2) is 0 Å². The predicted molar refractivity (Wildman–Crippen MR) is 105 cm³/mol. The highest BCUT2D eigenvalue weighted by atomic mass is 19.4. The lowest BCUT2D eigenvalue weighted by Gasteiger charge is -2.40. The number of ether oxygens (including phenoxy) is 1. The summed E-state index contributed by atoms with van der Waals surface area (Å²) in [5, 5.41) is 0. The largest absolute Gasteiger partial charge is 0.465 e. The molecule has 0 bridgehead atoms. The Hall–Kier alpha value is -0.740. The molecule has 27 heavy (non-hydrogen) atoms. The molecule has 0 aliphatic rings. The zero-order chi connectivity index (χ0) is 21.9. The van der Waals surface area contributed by atoms with E-state index < -0.39 is 22.4 Å². The van der Waals surface area contributed by atoms with E-state index in [9.17, 15) is 18.0 Å². The lowest BCUT2D eigenvalue weighted by molar-refractivity contribution is -0.231. The number of halogens is 3. The van der Waals surface area contributed by atoms with Crippen molar-refractivity contribution < 1.29 is 22.7 Å². The Morgan fingerprint density at radius 2 is 1.41 bits per heavy atom. The second-order valence-electron chi connectivity index (χ2n) is 10.7. The highest BCUT2D eigenvalue weighted by molar-refractivity contribution is 5.75. The summed E-state index contributed by atoms with van der Waals surface area (Å²) in [6, 6.07) is 0. The van der Waals surface area contributed by atoms with Crippen LogP contribution in [-0.4, -0.2) is 18.8 Å². The Balaban J connectivity index is 5.15. The van der Waals surface area contributed by atoms with E-state index in [-0.39, 0.29) is 30.8 Å². The van der Waals surface area contributed by atoms with Crippen molar-refractivity contribution in [1.29, 1.82) is 0 Å². The Labute approximate surface area is 164 Å². The van der Waals surface area contributed by atoms with Gasteiger partial charge >= 0.3 is 12.1 Å². The van der Waals surface area contributed by atoms with E-state index in [0.29, 0.717) is 18.8 Å². The van der Waals surface area contributed by atoms with E-state index >= 15 is 0 Å². The zero-order valence-electron chi connectivity index (χ0n) is 19.1. The Bertz CT molecular complexity index is 491. The van der Waals surface area contributed by atoms with E-state index in [1.807, 2.05) is 20.8 Å². The molecule has 5 heteroatoms. The zero-order valence-corrected chi connectivity index (χ0v) is 19.1. The summed E-state index contributed by atoms with van der Waals surface area (Å²) in [6.07, 6.45) is -3.13. The monoisotopic (exact) mass is 394 g/mol. The van der Waals surface area contributed by atoms with Gasteiger partial charge in [-0.1, -0.05) is 55.4 Å². The van der Waals surface area contributed by atoms with E-state index in [4.69, 9.17) is 4.74 Å². The summed E-state index contributed by atoms with van der Waals surface area (Å²) in [5.74, 6) is -0.0188. The van der Waals surface area contributed by atoms with Gasteiger partial charge in [-0.25, -0.2) is 0 Å². The smallest absolute Gasteiger partial charge is 0.394 e. The topological polar surface area (TPSA) is 26.3 Å². The molecule has 0 aromatic carbocycles. The lowest BCUT2D eigenvalue weighted by Crippen LogP contribution is -2.42. The summed E-state index contributed by atoms with van der Waals surface area (Å²) >= 11 is 0. The lowest BCUT2D eigenvalue weighted by atomic mass is 9.70. The van der Waals surface area contributed by atoms with Gasteiger partial charge in [0.25, 0.3) is 0 Å². The molecule has 0 saturated carbocycles. The first-order chi connectivity index (χ1) is 11.8. The molecule has 0 aromatic heterocycles. The van der Waals surface area contributed by atoms with Crippen molar-refractivity contribution in [2.75, 3.05) is 6.61 Å². The summed E-state index contributed by atoms with van der Waals surface area (Å²) < 4.78 is 46.1. The average Bonchev–Trinajstić information content (AvgIpc) is 2.49. The van der Waals surface area contributed by atoms with Gasteiger partial charge in [0.1, 0.15) is 0 Å². The van der Waals surface area contributed by atoms with Crippen LogP contribution in [0.5, 0.6) is 0 Å². The maximum atomic E-state index is 13.5. The molecular weight excluding hydrogens is 353 g/mol. The molecule has 0 saturated heterocycles. The molecule has 162 valence electrons. The third-order valence-electron chi connectivity index (χ3n) is 6.53. The maximum Gasteiger partial charge on any atom is 0.394 e. The molecule has 3 unspecified atom stereocenters. The van der Waals surface area contributed by atoms with E-state index in [1.54, 1.807) is 13.8 Å². The first kappa shape index (κ1) is 26.3. The quantitative estimate of drug-likeness (QED) is 0.380. The Morgan fingerprint density at radius 3 is 1.74 bits per heavy atom. The number of rotatable bonds is 9. The summed E-state index contributed by atoms with van der Waals surface area (Å²) in [5.41, 5.74) is -3.08. The standard InChI is InChI=1S/C22H41F3O2/c1-11-20(9,14-21(10,12-2)22(23,24)25)15-27-17(26)19(7,8)13-16(3)18(4,5)6/h16H,11-15H2,1-10H3. The van der Waals surface area contributed by atoms with Gasteiger partial charge in [-0.15, -0.1) is 0 Å². The fourth-order valence-corrected chi connectivity index (χ4v) is 3.24. The minimum absolute atomic E-state index is 0.00856. The second kappa shape index (κ2) is 8.73. The van der Waals surface area contributed by atoms with E-state index in [2.05, 4.69) is 27.7 Å². The number of alkyl halides is 3. The normalized spacial score (nSPS) is 19.1. The molecule has 0 heterocycles. The van der Waals surface area contributed by atoms with Crippen molar-refractivity contribution in [1.82, 2.24) is 0 Å². The minimum Gasteiger partial charge on any atom is -0.465 e. The molecule has 0 rings (SSSR count). The van der Waals surface area contributed by atoms with Crippen LogP contribution in [0.4, 0.5) is 13.2 Å². The van der Waals surface area contributed by atoms with Crippen LogP contribution in [0.2, 0.25) is 0 Å². The van der Waals surface area contributed by atoms with Gasteiger partial charge < -0.3 is 4.74 Å². The summed E-state index contributed by atoms with van der Waals surface area (Å²) in [4.78, 5) is 12.7. The molecule has 0 N–H and O–H groups in total. The van der Waals surface area contributed by atoms with Crippen molar-refractivity contribution in [3.8, 4) is 0 Å². The number of esters is 1. The molecule has 0 fully saturated rings. The fraction of sp³-hybridized carbons (Fsp3) is 0.955. The van der Waals surface area contributed by atoms with Crippen LogP contribution in [-0.2, 0) is 9.53 Å². The van der Waals surface area contributed by atoms with Crippen molar-refractivity contribution in [2.45, 2.75) is 101 Å². The third-order valence-corrected chi connectivity index (χ3v) is 6.53. The highest BCUT2D eigenvalue weighted by Crippen LogP contribution is 2.49. The Morgan fingerprint density at radius 1 is 0.926 bits per heavy atom. The summed E-state index contributed by atoms with van der Waals surface area (Å²) in [6.45, 7) is 18.7. The minimum atomic E-state index is -4.27. The molecule has 0 spiro atoms. The van der Waals surface area contributed by atoms with Crippen molar-refractivity contribution in [3.05, 3.63) is 0 Å². The first-order valence-corrected chi connectivity index (χ1v) is 10.1. The molecule has 0 aliphatic carbocycles. The third kappa shape index (κ3) is 7.30. The average molecular weight is 395 g/mol. The van der Waals surface area contributed by atoms with Crippen LogP contribution in [0.3, 0.4) is 0 Å². The van der Waals surface area contributed by atoms with Gasteiger partial charge in [0, 0.05) is 5.41 Å². The number of hydrogen-bond donors (Lipinski definition) is 0. The summed E-state index contributed by atoms with van der Waals surface area (Å²) in [7, 11) is 0. The number of carbonyl (C=O) groups is 1. The SMILES string of the molecule is CCC(C)(COC(=O)C(C)(C)CC(C)C(C)(C)C)CC(C)(CC)C(F)(F)F. The van der Waals surface area contributed by atoms with Gasteiger partial charge in [0.2, 0.25) is 0 Å². The first-order valence-electron chi connectivity index (χ1n) is 10.1. The van der Waals surface area contributed by atoms with Gasteiger partial charge in [-0.05, 0) is 50.9 Å². The van der Waals surface area contributed by atoms with E-state index in [1.165, 1.54) is 6.92 Å². The molecule has 0 aliphatic heterocycles. The number of hydrogen-bond acceptors (Lipinski definition) is 2. The van der Waals surface area contributed by atoms with Crippen LogP contribution >= 0.6 is 0 Å². The van der Waals surface area contributed by atoms with Crippen LogP contribution in [0.15, 0.2) is 0 Å². The molecule has 0 amide bonds. The van der Waals surface area contributed by atoms with Crippen LogP contribution in [0.1, 0.15) is 94.9 Å². The van der Waals surface area contributed by atoms with E-state index in [0.717, 1.165) is 0 Å². The molecular formula is C22H41F3O2. The van der Waals surface area contributed by atoms with Crippen LogP contribution < -0.4 is 0 Å². The van der Waals surface area contributed by atoms with Crippen molar-refractivity contribution in [2.24, 2.45) is 27.6 Å². The number of carbonyl (C=O) groups excluding carboxylic acids is 1. The molecule has 0 aromatic rings. The fourth-order valence-electron chi connectivity index (χ4n) is 3.24. The molecule has 0 radical (unpaired) electrons. The molecule has 2 nitrogen and oxygen atoms in total. The van der Waals surface area contributed by atoms with Crippen molar-refractivity contribution >= 4 is 5.97 Å². The van der Waals surface area contributed by atoms with Gasteiger partial charge in [-0.3, -0.25) is 4.79 Å². The van der Waals surface area contributed by atoms with Gasteiger partial charge in [-0.2, -0.15) is 13.2 Å². The Kier molecular flexibility index (Phi) is 8.49. The maximum absolute atomic E-state index is 13.5. The second-order valence-corrected chi connectivity index (χ2v) is 10.7. The molecule has 3 atom stereocenters. The van der Waals surface area contributed by atoms with Gasteiger partial charge in [0.05, 0.1) is 17.4 Å². The van der Waals surface area contributed by atoms with Crippen LogP contribution in [0, 0.1) is 27.6 Å². The predicted octanol–water partition coefficient (Wildman–Crippen LogP) is 7.41. The van der Waals surface area contributed by atoms with Crippen LogP contribution in [0.25, 0.3) is 0 Å². The van der Waals surface area contributed by atoms with Crippen molar-refractivity contribution in [3.63, 3.8) is 0 Å².